The Kier molecular flexibility index (Phi) is 10.4. The Bertz CT molecular complexity index is 4460. The lowest BCUT2D eigenvalue weighted by molar-refractivity contribution is 0.112. The van der Waals surface area contributed by atoms with Crippen LogP contribution in [0.3, 0.4) is 0 Å². The third-order valence-corrected chi connectivity index (χ3v) is 14.7. The van der Waals surface area contributed by atoms with Crippen molar-refractivity contribution in [2.24, 2.45) is 0 Å². The summed E-state index contributed by atoms with van der Waals surface area (Å²) < 4.78 is 12.8. The van der Waals surface area contributed by atoms with Gasteiger partial charge in [0.05, 0.1) is 40.2 Å². The summed E-state index contributed by atoms with van der Waals surface area (Å²) in [5.74, 6) is 0.792. The predicted octanol–water partition coefficient (Wildman–Crippen LogP) is 17.7. The minimum atomic E-state index is 0.622. The van der Waals surface area contributed by atoms with E-state index in [-0.39, 0.29) is 0 Å². The van der Waals surface area contributed by atoms with Gasteiger partial charge >= 0.3 is 0 Å². The molecule has 0 atom stereocenters. The second-order valence-electron chi connectivity index (χ2n) is 18.9. The number of carbonyl (C=O) groups is 1. The molecule has 0 aliphatic heterocycles. The first-order chi connectivity index (χ1) is 37.1. The van der Waals surface area contributed by atoms with Crippen molar-refractivity contribution >= 4 is 106 Å². The van der Waals surface area contributed by atoms with Crippen LogP contribution in [0.25, 0.3) is 82.5 Å². The van der Waals surface area contributed by atoms with Crippen molar-refractivity contribution in [3.05, 3.63) is 266 Å². The number of methoxy groups -OCH3 is 1. The van der Waals surface area contributed by atoms with Gasteiger partial charge in [-0.1, -0.05) is 91.0 Å². The fourth-order valence-electron chi connectivity index (χ4n) is 11.4. The van der Waals surface area contributed by atoms with Gasteiger partial charge < -0.3 is 28.2 Å². The van der Waals surface area contributed by atoms with Gasteiger partial charge in [0, 0.05) is 89.1 Å². The molecule has 0 spiro atoms. The molecule has 11 aromatic carbocycles. The quantitative estimate of drug-likeness (QED) is 0.121. The molecule has 0 bridgehead atoms. The van der Waals surface area contributed by atoms with Gasteiger partial charge in [-0.05, 0) is 170 Å². The van der Waals surface area contributed by atoms with Gasteiger partial charge in [0.2, 0.25) is 0 Å². The van der Waals surface area contributed by atoms with E-state index in [0.717, 1.165) is 112 Å². The van der Waals surface area contributed by atoms with Gasteiger partial charge in [-0.2, -0.15) is 0 Å². The molecule has 7 nitrogen and oxygen atoms in total. The predicted molar refractivity (Wildman–Crippen MR) is 311 cm³/mol. The van der Waals surface area contributed by atoms with Crippen LogP contribution in [0.1, 0.15) is 10.4 Å². The number of hydrogen-bond donors (Lipinski definition) is 0. The first-order valence-electron chi connectivity index (χ1n) is 25.2. The number of benzene rings is 11. The molecular formula is C68H47N5O2. The van der Waals surface area contributed by atoms with Crippen LogP contribution in [0, 0.1) is 0 Å². The molecule has 0 fully saturated rings. The number of aldehydes is 1. The summed E-state index contributed by atoms with van der Waals surface area (Å²) in [6.07, 6.45) is 0.900. The Labute approximate surface area is 433 Å². The number of aromatic nitrogens is 3. The highest BCUT2D eigenvalue weighted by atomic mass is 16.5. The van der Waals surface area contributed by atoms with Crippen molar-refractivity contribution in [2.75, 3.05) is 16.9 Å². The van der Waals surface area contributed by atoms with Crippen molar-refractivity contribution in [1.82, 2.24) is 13.7 Å². The molecule has 0 unspecified atom stereocenters. The third kappa shape index (κ3) is 7.24. The van der Waals surface area contributed by atoms with E-state index < -0.39 is 0 Å². The zero-order valence-electron chi connectivity index (χ0n) is 41.0. The fraction of sp³-hybridized carbons (Fsp3) is 0.0147. The van der Waals surface area contributed by atoms with E-state index in [1.165, 1.54) is 16.2 Å². The molecule has 3 heterocycles. The summed E-state index contributed by atoms with van der Waals surface area (Å²) in [5, 5.41) is 6.88. The largest absolute Gasteiger partial charge is 0.497 e. The highest BCUT2D eigenvalue weighted by Gasteiger charge is 2.23. The molecule has 14 aromatic rings. The molecule has 75 heavy (non-hydrogen) atoms. The lowest BCUT2D eigenvalue weighted by atomic mass is 10.1. The van der Waals surface area contributed by atoms with E-state index in [2.05, 4.69) is 248 Å². The molecule has 0 saturated heterocycles. The average Bonchev–Trinajstić information content (AvgIpc) is 4.14. The molecule has 0 N–H and O–H groups in total. The topological polar surface area (TPSA) is 47.6 Å². The van der Waals surface area contributed by atoms with Gasteiger partial charge in [0.25, 0.3) is 0 Å². The van der Waals surface area contributed by atoms with Crippen LogP contribution in [0.15, 0.2) is 261 Å². The van der Waals surface area contributed by atoms with E-state index in [1.807, 2.05) is 36.4 Å². The second kappa shape index (κ2) is 17.9. The zero-order chi connectivity index (χ0) is 50.0. The molecular weight excluding hydrogens is 919 g/mol. The number of fused-ring (bicyclic) bond motifs is 9. The third-order valence-electron chi connectivity index (χ3n) is 14.7. The van der Waals surface area contributed by atoms with Gasteiger partial charge in [0.1, 0.15) is 12.0 Å². The fourth-order valence-corrected chi connectivity index (χ4v) is 11.4. The number of ether oxygens (including phenoxy) is 1. The number of para-hydroxylation sites is 5. The smallest absolute Gasteiger partial charge is 0.150 e. The van der Waals surface area contributed by atoms with E-state index in [0.29, 0.717) is 5.56 Å². The maximum atomic E-state index is 12.0. The first kappa shape index (κ1) is 43.7. The lowest BCUT2D eigenvalue weighted by Crippen LogP contribution is -2.10. The van der Waals surface area contributed by atoms with Crippen LogP contribution in [0.2, 0.25) is 0 Å². The van der Waals surface area contributed by atoms with Gasteiger partial charge in [-0.15, -0.1) is 0 Å². The SMILES string of the molecule is COc1ccc(N(c2ccc3c(c2)c2ccccc2n3-c2ccccc2)c2ccc3c(c2)c2cc(N(c4ccc(C=O)cc4)c4ccc5c(c4)c4ccccc4n5-c4ccccc4)ccc2n3-c2ccccc2)cc1. The van der Waals surface area contributed by atoms with Crippen LogP contribution in [-0.2, 0) is 0 Å². The van der Waals surface area contributed by atoms with Crippen LogP contribution in [0.5, 0.6) is 5.75 Å². The molecule has 0 amide bonds. The molecule has 14 rings (SSSR count). The number of rotatable bonds is 11. The summed E-state index contributed by atoms with van der Waals surface area (Å²) in [5.41, 5.74) is 16.6. The number of anilines is 6. The monoisotopic (exact) mass is 965 g/mol. The minimum Gasteiger partial charge on any atom is -0.497 e. The maximum absolute atomic E-state index is 12.0. The summed E-state index contributed by atoms with van der Waals surface area (Å²) in [6, 6.07) is 92.5. The number of nitrogens with zero attached hydrogens (tertiary/aromatic N) is 5. The van der Waals surface area contributed by atoms with E-state index >= 15 is 0 Å². The van der Waals surface area contributed by atoms with Gasteiger partial charge in [0.15, 0.2) is 0 Å². The Morgan fingerprint density at radius 1 is 0.307 bits per heavy atom. The Morgan fingerprint density at radius 3 is 0.947 bits per heavy atom. The summed E-state index contributed by atoms with van der Waals surface area (Å²) in [6.45, 7) is 0. The molecule has 0 saturated carbocycles. The Morgan fingerprint density at radius 2 is 0.600 bits per heavy atom. The van der Waals surface area contributed by atoms with Crippen LogP contribution < -0.4 is 14.5 Å². The summed E-state index contributed by atoms with van der Waals surface area (Å²) >= 11 is 0. The van der Waals surface area contributed by atoms with Gasteiger partial charge in [-0.3, -0.25) is 4.79 Å². The summed E-state index contributed by atoms with van der Waals surface area (Å²) in [7, 11) is 1.71. The van der Waals surface area contributed by atoms with Crippen molar-refractivity contribution in [2.45, 2.75) is 0 Å². The highest BCUT2D eigenvalue weighted by molar-refractivity contribution is 6.14. The first-order valence-corrected chi connectivity index (χ1v) is 25.2. The standard InChI is InChI=1S/C68H47N5O2/c1-75-56-35-29-51(30-36-56)70(53-32-38-66-60(42-53)58-22-12-14-24-64(58)72(66)48-17-7-3-8-18-48)55-34-40-68-62(44-55)61-43-54(33-39-67(61)73(68)49-19-9-4-10-20-49)69(50-27-25-46(45-74)26-28-50)52-31-37-65-59(41-52)57-21-11-13-23-63(57)71(65)47-15-5-2-6-16-47/h2-45H,1H3. The van der Waals surface area contributed by atoms with E-state index in [4.69, 9.17) is 4.74 Å². The van der Waals surface area contributed by atoms with Crippen LogP contribution >= 0.6 is 0 Å². The zero-order valence-corrected chi connectivity index (χ0v) is 41.0. The van der Waals surface area contributed by atoms with Crippen molar-refractivity contribution < 1.29 is 9.53 Å². The van der Waals surface area contributed by atoms with Crippen molar-refractivity contribution in [3.8, 4) is 22.8 Å². The normalized spacial score (nSPS) is 11.6. The second-order valence-corrected chi connectivity index (χ2v) is 18.9. The van der Waals surface area contributed by atoms with E-state index in [9.17, 15) is 4.79 Å². The molecule has 356 valence electrons. The van der Waals surface area contributed by atoms with E-state index in [1.54, 1.807) is 7.11 Å². The van der Waals surface area contributed by atoms with Crippen LogP contribution in [-0.4, -0.2) is 27.1 Å². The Hall–Kier alpha value is -10.1. The van der Waals surface area contributed by atoms with Crippen molar-refractivity contribution in [1.29, 1.82) is 0 Å². The molecule has 0 aliphatic rings. The molecule has 0 aliphatic carbocycles. The lowest BCUT2D eigenvalue weighted by Gasteiger charge is -2.26. The minimum absolute atomic E-state index is 0.622. The molecule has 7 heteroatoms. The highest BCUT2D eigenvalue weighted by Crippen LogP contribution is 2.46. The molecule has 3 aromatic heterocycles. The number of hydrogen-bond acceptors (Lipinski definition) is 4. The average molecular weight is 966 g/mol. The van der Waals surface area contributed by atoms with Gasteiger partial charge in [-0.25, -0.2) is 0 Å². The summed E-state index contributed by atoms with van der Waals surface area (Å²) in [4.78, 5) is 16.7. The van der Waals surface area contributed by atoms with Crippen molar-refractivity contribution in [3.63, 3.8) is 0 Å². The maximum Gasteiger partial charge on any atom is 0.150 e. The Balaban J connectivity index is 0.988. The number of carbonyl (C=O) groups excluding carboxylic acids is 1. The van der Waals surface area contributed by atoms with Crippen LogP contribution in [0.4, 0.5) is 34.1 Å². The molecule has 0 radical (unpaired) electrons.